The summed E-state index contributed by atoms with van der Waals surface area (Å²) in [6, 6.07) is 24.3. The zero-order valence-corrected chi connectivity index (χ0v) is 18.8. The van der Waals surface area contributed by atoms with E-state index in [-0.39, 0.29) is 0 Å². The molecule has 0 spiro atoms. The summed E-state index contributed by atoms with van der Waals surface area (Å²) in [5, 5.41) is 7.11. The maximum Gasteiger partial charge on any atom is 0.203 e. The minimum Gasteiger partial charge on any atom is -0.488 e. The lowest BCUT2D eigenvalue weighted by Crippen LogP contribution is -1.99. The van der Waals surface area contributed by atoms with Gasteiger partial charge in [-0.1, -0.05) is 76.1 Å². The van der Waals surface area contributed by atoms with Crippen molar-refractivity contribution in [3.63, 3.8) is 0 Å². The molecule has 0 unspecified atom stereocenters. The molecule has 0 amide bonds. The molecule has 30 heavy (non-hydrogen) atoms. The zero-order chi connectivity index (χ0) is 20.8. The summed E-state index contributed by atoms with van der Waals surface area (Å²) in [6.45, 7) is 2.58. The first-order valence-electron chi connectivity index (χ1n) is 9.45. The highest BCUT2D eigenvalue weighted by Crippen LogP contribution is 2.25. The number of benzene rings is 3. The molecule has 0 aliphatic heterocycles. The highest BCUT2D eigenvalue weighted by molar-refractivity contribution is 9.10. The summed E-state index contributed by atoms with van der Waals surface area (Å²) in [7, 11) is 0. The molecular weight excluding hydrogens is 458 g/mol. The molecule has 4 rings (SSSR count). The number of aromatic nitrogens is 1. The predicted octanol–water partition coefficient (Wildman–Crippen LogP) is 6.91. The van der Waals surface area contributed by atoms with Crippen LogP contribution in [0.25, 0.3) is 11.3 Å². The van der Waals surface area contributed by atoms with Crippen LogP contribution in [0.1, 0.15) is 16.7 Å². The third-order valence-electron chi connectivity index (χ3n) is 4.42. The van der Waals surface area contributed by atoms with E-state index in [9.17, 15) is 0 Å². The van der Waals surface area contributed by atoms with Gasteiger partial charge in [0.25, 0.3) is 0 Å². The number of nitrogens with one attached hydrogen (secondary N) is 1. The van der Waals surface area contributed by atoms with Gasteiger partial charge in [0.2, 0.25) is 5.13 Å². The molecular formula is C24H20BrN3OS. The van der Waals surface area contributed by atoms with Gasteiger partial charge in [0.1, 0.15) is 12.4 Å². The van der Waals surface area contributed by atoms with Gasteiger partial charge in [-0.25, -0.2) is 4.98 Å². The summed E-state index contributed by atoms with van der Waals surface area (Å²) in [4.78, 5) is 4.59. The zero-order valence-electron chi connectivity index (χ0n) is 16.4. The second-order valence-electron chi connectivity index (χ2n) is 6.73. The Morgan fingerprint density at radius 1 is 1.07 bits per heavy atom. The maximum atomic E-state index is 6.03. The third kappa shape index (κ3) is 5.34. The van der Waals surface area contributed by atoms with Crippen LogP contribution in [0.4, 0.5) is 5.13 Å². The fourth-order valence-corrected chi connectivity index (χ4v) is 3.87. The fraction of sp³-hybridized carbons (Fsp3) is 0.0833. The molecule has 0 saturated heterocycles. The third-order valence-corrected chi connectivity index (χ3v) is 5.66. The average molecular weight is 478 g/mol. The molecule has 1 aromatic heterocycles. The van der Waals surface area contributed by atoms with Crippen molar-refractivity contribution in [1.82, 2.24) is 4.98 Å². The van der Waals surface area contributed by atoms with E-state index in [4.69, 9.17) is 4.74 Å². The second kappa shape index (κ2) is 9.69. The molecule has 0 fully saturated rings. The number of ether oxygens (including phenoxy) is 1. The molecule has 0 radical (unpaired) electrons. The maximum absolute atomic E-state index is 6.03. The highest BCUT2D eigenvalue weighted by Gasteiger charge is 2.05. The van der Waals surface area contributed by atoms with E-state index in [0.717, 1.165) is 37.7 Å². The van der Waals surface area contributed by atoms with Crippen molar-refractivity contribution < 1.29 is 4.74 Å². The number of nitrogens with zero attached hydrogens (tertiary/aromatic N) is 2. The lowest BCUT2D eigenvalue weighted by Gasteiger charge is -2.10. The van der Waals surface area contributed by atoms with Gasteiger partial charge < -0.3 is 4.74 Å². The molecule has 0 aliphatic carbocycles. The Labute approximate surface area is 188 Å². The monoisotopic (exact) mass is 477 g/mol. The van der Waals surface area contributed by atoms with Crippen LogP contribution in [0, 0.1) is 6.92 Å². The molecule has 0 atom stereocenters. The molecule has 1 heterocycles. The summed E-state index contributed by atoms with van der Waals surface area (Å²) >= 11 is 5.04. The SMILES string of the molecule is Cc1ccc(COc2ccc(Br)cc2C=NNc2nc(-c3ccccc3)cs2)cc1. The number of halogens is 1. The van der Waals surface area contributed by atoms with E-state index < -0.39 is 0 Å². The topological polar surface area (TPSA) is 46.5 Å². The molecule has 4 aromatic rings. The van der Waals surface area contributed by atoms with E-state index in [1.165, 1.54) is 16.9 Å². The van der Waals surface area contributed by atoms with Gasteiger partial charge in [-0.3, -0.25) is 5.43 Å². The van der Waals surface area contributed by atoms with E-state index >= 15 is 0 Å². The van der Waals surface area contributed by atoms with Gasteiger partial charge in [-0.15, -0.1) is 11.3 Å². The first kappa shape index (κ1) is 20.3. The van der Waals surface area contributed by atoms with Crippen LogP contribution in [0.5, 0.6) is 5.75 Å². The van der Waals surface area contributed by atoms with Gasteiger partial charge in [-0.2, -0.15) is 5.10 Å². The Kier molecular flexibility index (Phi) is 6.57. The number of hydrogen-bond acceptors (Lipinski definition) is 5. The van der Waals surface area contributed by atoms with Crippen molar-refractivity contribution in [2.75, 3.05) is 5.43 Å². The highest BCUT2D eigenvalue weighted by atomic mass is 79.9. The van der Waals surface area contributed by atoms with E-state index in [1.54, 1.807) is 6.21 Å². The Balaban J connectivity index is 1.43. The van der Waals surface area contributed by atoms with Gasteiger partial charge in [-0.05, 0) is 30.7 Å². The fourth-order valence-electron chi connectivity index (χ4n) is 2.82. The molecule has 6 heteroatoms. The number of anilines is 1. The Hall–Kier alpha value is -2.96. The Morgan fingerprint density at radius 2 is 1.87 bits per heavy atom. The van der Waals surface area contributed by atoms with Crippen LogP contribution in [0.15, 0.2) is 87.8 Å². The summed E-state index contributed by atoms with van der Waals surface area (Å²) in [5.41, 5.74) is 8.28. The number of hydrazone groups is 1. The van der Waals surface area contributed by atoms with Crippen LogP contribution >= 0.6 is 27.3 Å². The molecule has 150 valence electrons. The summed E-state index contributed by atoms with van der Waals surface area (Å²) in [5.74, 6) is 0.772. The first-order chi connectivity index (χ1) is 14.7. The Morgan fingerprint density at radius 3 is 2.67 bits per heavy atom. The minimum atomic E-state index is 0.503. The van der Waals surface area contributed by atoms with Gasteiger partial charge in [0, 0.05) is 21.0 Å². The normalized spacial score (nSPS) is 11.0. The lowest BCUT2D eigenvalue weighted by atomic mass is 10.1. The van der Waals surface area contributed by atoms with Gasteiger partial charge in [0.05, 0.1) is 11.9 Å². The van der Waals surface area contributed by atoms with Crippen LogP contribution in [-0.2, 0) is 6.61 Å². The van der Waals surface area contributed by atoms with Crippen LogP contribution < -0.4 is 10.2 Å². The van der Waals surface area contributed by atoms with Crippen LogP contribution in [-0.4, -0.2) is 11.2 Å². The van der Waals surface area contributed by atoms with Crippen molar-refractivity contribution in [2.45, 2.75) is 13.5 Å². The number of hydrogen-bond donors (Lipinski definition) is 1. The van der Waals surface area contributed by atoms with E-state index in [0.29, 0.717) is 6.61 Å². The summed E-state index contributed by atoms with van der Waals surface area (Å²) in [6.07, 6.45) is 1.75. The van der Waals surface area contributed by atoms with Crippen LogP contribution in [0.3, 0.4) is 0 Å². The summed E-state index contributed by atoms with van der Waals surface area (Å²) < 4.78 is 6.99. The van der Waals surface area contributed by atoms with E-state index in [2.05, 4.69) is 62.6 Å². The molecule has 0 saturated carbocycles. The lowest BCUT2D eigenvalue weighted by molar-refractivity contribution is 0.305. The van der Waals surface area contributed by atoms with Crippen molar-refractivity contribution >= 4 is 38.6 Å². The van der Waals surface area contributed by atoms with Gasteiger partial charge >= 0.3 is 0 Å². The smallest absolute Gasteiger partial charge is 0.203 e. The van der Waals surface area contributed by atoms with Crippen molar-refractivity contribution in [3.8, 4) is 17.0 Å². The van der Waals surface area contributed by atoms with Crippen molar-refractivity contribution in [1.29, 1.82) is 0 Å². The van der Waals surface area contributed by atoms with Crippen LogP contribution in [0.2, 0.25) is 0 Å². The largest absolute Gasteiger partial charge is 0.488 e. The quantitative estimate of drug-likeness (QED) is 0.232. The second-order valence-corrected chi connectivity index (χ2v) is 8.50. The first-order valence-corrected chi connectivity index (χ1v) is 11.1. The average Bonchev–Trinajstić information content (AvgIpc) is 3.24. The van der Waals surface area contributed by atoms with Crippen molar-refractivity contribution in [3.05, 3.63) is 99.3 Å². The van der Waals surface area contributed by atoms with Gasteiger partial charge in [0.15, 0.2) is 0 Å². The Bertz CT molecular complexity index is 1140. The minimum absolute atomic E-state index is 0.503. The molecule has 0 aliphatic rings. The standard InChI is InChI=1S/C24H20BrN3OS/c1-17-7-9-18(10-8-17)15-29-23-12-11-21(25)13-20(23)14-26-28-24-27-22(16-30-24)19-5-3-2-4-6-19/h2-14,16H,15H2,1H3,(H,27,28). The number of aryl methyl sites for hydroxylation is 1. The number of thiazole rings is 1. The predicted molar refractivity (Wildman–Crippen MR) is 128 cm³/mol. The van der Waals surface area contributed by atoms with Crippen molar-refractivity contribution in [2.24, 2.45) is 5.10 Å². The molecule has 4 nitrogen and oxygen atoms in total. The molecule has 0 bridgehead atoms. The molecule has 1 N–H and O–H groups in total. The molecule has 3 aromatic carbocycles. The van der Waals surface area contributed by atoms with E-state index in [1.807, 2.05) is 53.9 Å². The number of rotatable bonds is 7.